The second kappa shape index (κ2) is 4.06. The van der Waals surface area contributed by atoms with E-state index in [4.69, 9.17) is 0 Å². The van der Waals surface area contributed by atoms with E-state index in [-0.39, 0.29) is 22.6 Å². The summed E-state index contributed by atoms with van der Waals surface area (Å²) in [5.41, 5.74) is 0.0663. The van der Waals surface area contributed by atoms with Crippen LogP contribution >= 0.6 is 0 Å². The lowest BCUT2D eigenvalue weighted by molar-refractivity contribution is 0.103. The van der Waals surface area contributed by atoms with Gasteiger partial charge in [-0.05, 0) is 24.3 Å². The maximum absolute atomic E-state index is 11.9. The molecule has 2 rings (SSSR count). The van der Waals surface area contributed by atoms with Crippen LogP contribution in [0.3, 0.4) is 0 Å². The third-order valence-corrected chi connectivity index (χ3v) is 2.26. The summed E-state index contributed by atoms with van der Waals surface area (Å²) in [5, 5.41) is 22.8. The third kappa shape index (κ3) is 1.75. The van der Waals surface area contributed by atoms with Gasteiger partial charge >= 0.3 is 0 Å². The number of ketones is 1. The number of para-hydroxylation sites is 2. The molecule has 0 fully saturated rings. The Kier molecular flexibility index (Phi) is 2.60. The fourth-order valence-corrected chi connectivity index (χ4v) is 1.45. The molecule has 0 saturated carbocycles. The molecule has 0 amide bonds. The molecule has 0 aliphatic rings. The van der Waals surface area contributed by atoms with Gasteiger partial charge in [-0.3, -0.25) is 15.0 Å². The Morgan fingerprint density at radius 1 is 0.688 bits per heavy atom. The van der Waals surface area contributed by atoms with E-state index < -0.39 is 5.78 Å². The highest BCUT2D eigenvalue weighted by atomic mass is 16.3. The number of benzene rings is 2. The predicted molar refractivity (Wildman–Crippen MR) is 56.6 cm³/mol. The van der Waals surface area contributed by atoms with E-state index >= 15 is 0 Å². The van der Waals surface area contributed by atoms with E-state index in [0.29, 0.717) is 0 Å². The van der Waals surface area contributed by atoms with Crippen LogP contribution < -0.4 is 0 Å². The number of hydrogen-bond acceptors (Lipinski definition) is 1. The molecule has 3 heteroatoms. The van der Waals surface area contributed by atoms with Gasteiger partial charge in [0.25, 0.3) is 0 Å². The van der Waals surface area contributed by atoms with Crippen LogP contribution in [0.25, 0.3) is 0 Å². The number of hydrogen-bond donors (Lipinski definition) is 0. The van der Waals surface area contributed by atoms with Crippen molar-refractivity contribution in [3.8, 4) is 11.5 Å². The Morgan fingerprint density at radius 3 is 1.44 bits per heavy atom. The second-order valence-electron chi connectivity index (χ2n) is 3.32. The van der Waals surface area contributed by atoms with Crippen LogP contribution in [-0.2, 0) is 10.2 Å². The van der Waals surface area contributed by atoms with Gasteiger partial charge in [0.2, 0.25) is 5.78 Å². The van der Waals surface area contributed by atoms with Crippen molar-refractivity contribution in [2.75, 3.05) is 0 Å². The molecule has 2 radical (unpaired) electrons. The fourth-order valence-electron chi connectivity index (χ4n) is 1.45. The molecule has 3 nitrogen and oxygen atoms in total. The largest absolute Gasteiger partial charge is 0.289 e. The van der Waals surface area contributed by atoms with Crippen molar-refractivity contribution in [2.45, 2.75) is 0 Å². The summed E-state index contributed by atoms with van der Waals surface area (Å²) < 4.78 is 0. The molecule has 0 N–H and O–H groups in total. The summed E-state index contributed by atoms with van der Waals surface area (Å²) in [6, 6.07) is 11.8. The van der Waals surface area contributed by atoms with Crippen molar-refractivity contribution in [3.63, 3.8) is 0 Å². The summed E-state index contributed by atoms with van der Waals surface area (Å²) in [6.45, 7) is 0. The lowest BCUT2D eigenvalue weighted by Gasteiger charge is -2.02. The summed E-state index contributed by atoms with van der Waals surface area (Å²) in [5.74, 6) is -1.25. The van der Waals surface area contributed by atoms with Crippen LogP contribution in [0.5, 0.6) is 11.5 Å². The smallest absolute Gasteiger partial charge is 0.200 e. The van der Waals surface area contributed by atoms with Crippen LogP contribution in [0, 0.1) is 0 Å². The van der Waals surface area contributed by atoms with Gasteiger partial charge in [0.15, 0.2) is 11.5 Å². The van der Waals surface area contributed by atoms with Crippen molar-refractivity contribution in [1.29, 1.82) is 0 Å². The molecule has 0 aliphatic carbocycles. The number of carbonyl (C=O) groups is 1. The molecule has 0 heterocycles. The zero-order valence-corrected chi connectivity index (χ0v) is 8.34. The fraction of sp³-hybridized carbons (Fsp3) is 0. The first kappa shape index (κ1) is 10.2. The van der Waals surface area contributed by atoms with Crippen LogP contribution in [0.4, 0.5) is 0 Å². The SMILES string of the molecule is [O]c1ccccc1C(=O)c1ccccc1[O]. The van der Waals surface area contributed by atoms with Crippen LogP contribution in [0.1, 0.15) is 15.9 Å². The topological polar surface area (TPSA) is 56.9 Å². The third-order valence-electron chi connectivity index (χ3n) is 2.26. The van der Waals surface area contributed by atoms with Gasteiger partial charge in [-0.15, -0.1) is 0 Å². The minimum atomic E-state index is -0.517. The van der Waals surface area contributed by atoms with Gasteiger partial charge in [-0.1, -0.05) is 24.3 Å². The first-order valence-corrected chi connectivity index (χ1v) is 4.77. The summed E-state index contributed by atoms with van der Waals surface area (Å²) in [6.07, 6.45) is 0. The lowest BCUT2D eigenvalue weighted by atomic mass is 10.0. The quantitative estimate of drug-likeness (QED) is 0.705. The highest BCUT2D eigenvalue weighted by molar-refractivity contribution is 6.12. The van der Waals surface area contributed by atoms with Gasteiger partial charge in [-0.2, -0.15) is 0 Å². The molecule has 0 spiro atoms. The Balaban J connectivity index is 2.48. The molecule has 2 aromatic rings. The lowest BCUT2D eigenvalue weighted by Crippen LogP contribution is -2.01. The monoisotopic (exact) mass is 212 g/mol. The molecule has 0 saturated heterocycles. The van der Waals surface area contributed by atoms with Crippen molar-refractivity contribution in [2.24, 2.45) is 0 Å². The highest BCUT2D eigenvalue weighted by Gasteiger charge is 2.17. The highest BCUT2D eigenvalue weighted by Crippen LogP contribution is 2.25. The van der Waals surface area contributed by atoms with Crippen molar-refractivity contribution >= 4 is 5.78 Å². The Bertz CT molecular complexity index is 485. The van der Waals surface area contributed by atoms with Crippen LogP contribution in [0.15, 0.2) is 48.5 Å². The molecule has 0 unspecified atom stereocenters. The van der Waals surface area contributed by atoms with Crippen LogP contribution in [-0.4, -0.2) is 5.78 Å². The standard InChI is InChI=1S/C13H8O3/c14-11-7-3-1-5-9(11)13(16)10-6-2-4-8-12(10)15/h1-8H. The minimum absolute atomic E-state index is 0.0331. The van der Waals surface area contributed by atoms with E-state index in [1.807, 2.05) is 0 Å². The Morgan fingerprint density at radius 2 is 1.06 bits per heavy atom. The van der Waals surface area contributed by atoms with E-state index in [0.717, 1.165) is 0 Å². The van der Waals surface area contributed by atoms with Gasteiger partial charge < -0.3 is 0 Å². The predicted octanol–water partition coefficient (Wildman–Crippen LogP) is 3.21. The molecular weight excluding hydrogens is 204 g/mol. The number of rotatable bonds is 2. The summed E-state index contributed by atoms with van der Waals surface area (Å²) in [7, 11) is 0. The van der Waals surface area contributed by atoms with Gasteiger partial charge in [0.05, 0.1) is 11.1 Å². The van der Waals surface area contributed by atoms with Gasteiger partial charge in [-0.25, -0.2) is 0 Å². The second-order valence-corrected chi connectivity index (χ2v) is 3.32. The molecular formula is C13H8O3. The zero-order valence-electron chi connectivity index (χ0n) is 8.34. The Labute approximate surface area is 92.6 Å². The van der Waals surface area contributed by atoms with E-state index in [1.165, 1.54) is 24.3 Å². The first-order chi connectivity index (χ1) is 7.70. The van der Waals surface area contributed by atoms with Crippen molar-refractivity contribution < 1.29 is 15.0 Å². The molecule has 0 atom stereocenters. The van der Waals surface area contributed by atoms with Gasteiger partial charge in [0, 0.05) is 0 Å². The maximum atomic E-state index is 11.9. The molecule has 0 bridgehead atoms. The van der Waals surface area contributed by atoms with E-state index in [1.54, 1.807) is 24.3 Å². The Hall–Kier alpha value is -2.29. The molecule has 78 valence electrons. The average Bonchev–Trinajstić information content (AvgIpc) is 2.29. The molecule has 16 heavy (non-hydrogen) atoms. The average molecular weight is 212 g/mol. The molecule has 2 aromatic carbocycles. The minimum Gasteiger partial charge on any atom is -0.289 e. The molecule has 0 aliphatic heterocycles. The summed E-state index contributed by atoms with van der Waals surface area (Å²) >= 11 is 0. The van der Waals surface area contributed by atoms with Crippen molar-refractivity contribution in [3.05, 3.63) is 59.7 Å². The summed E-state index contributed by atoms with van der Waals surface area (Å²) in [4.78, 5) is 11.9. The van der Waals surface area contributed by atoms with E-state index in [9.17, 15) is 15.0 Å². The first-order valence-electron chi connectivity index (χ1n) is 4.77. The van der Waals surface area contributed by atoms with Crippen molar-refractivity contribution in [1.82, 2.24) is 0 Å². The zero-order chi connectivity index (χ0) is 11.5. The molecule has 0 aromatic heterocycles. The van der Waals surface area contributed by atoms with E-state index in [2.05, 4.69) is 0 Å². The normalized spacial score (nSPS) is 10.0. The maximum Gasteiger partial charge on any atom is 0.200 e. The van der Waals surface area contributed by atoms with Crippen LogP contribution in [0.2, 0.25) is 0 Å². The van der Waals surface area contributed by atoms with Gasteiger partial charge in [0.1, 0.15) is 0 Å². The number of carbonyl (C=O) groups excluding carboxylic acids is 1.